The summed E-state index contributed by atoms with van der Waals surface area (Å²) in [6.07, 6.45) is 2.65. The van der Waals surface area contributed by atoms with Crippen molar-refractivity contribution in [3.05, 3.63) is 57.3 Å². The fourth-order valence-electron chi connectivity index (χ4n) is 1.65. The molecule has 1 unspecified atom stereocenters. The van der Waals surface area contributed by atoms with E-state index in [1.165, 1.54) is 0 Å². The first-order chi connectivity index (χ1) is 9.08. The Bertz CT molecular complexity index is 575. The third-order valence-electron chi connectivity index (χ3n) is 2.66. The molecule has 0 aliphatic carbocycles. The van der Waals surface area contributed by atoms with Crippen LogP contribution < -0.4 is 4.74 Å². The molecule has 2 rings (SSSR count). The molecule has 5 heteroatoms. The van der Waals surface area contributed by atoms with Gasteiger partial charge in [-0.15, -0.1) is 0 Å². The molecule has 1 atom stereocenters. The van der Waals surface area contributed by atoms with Crippen LogP contribution in [0.3, 0.4) is 0 Å². The first kappa shape index (κ1) is 14.3. The number of rotatable bonds is 4. The molecule has 0 saturated carbocycles. The van der Waals surface area contributed by atoms with E-state index in [9.17, 15) is 5.11 Å². The third-order valence-corrected chi connectivity index (χ3v) is 3.50. The zero-order valence-corrected chi connectivity index (χ0v) is 12.6. The average Bonchev–Trinajstić information content (AvgIpc) is 2.38. The van der Waals surface area contributed by atoms with Crippen molar-refractivity contribution in [2.24, 2.45) is 0 Å². The van der Waals surface area contributed by atoms with E-state index in [0.717, 1.165) is 15.6 Å². The molecule has 1 aromatic heterocycles. The molecule has 0 fully saturated rings. The Morgan fingerprint density at radius 2 is 2.21 bits per heavy atom. The number of hydrogen-bond donors (Lipinski definition) is 1. The Hall–Kier alpha value is -1.10. The number of benzene rings is 1. The zero-order valence-electron chi connectivity index (χ0n) is 10.3. The lowest BCUT2D eigenvalue weighted by molar-refractivity contribution is 0.190. The lowest BCUT2D eigenvalue weighted by Gasteiger charge is -2.14. The highest BCUT2D eigenvalue weighted by molar-refractivity contribution is 9.10. The molecule has 1 heterocycles. The number of aliphatic hydroxyl groups excluding tert-OH is 1. The largest absolute Gasteiger partial charge is 0.488 e. The van der Waals surface area contributed by atoms with Gasteiger partial charge in [-0.3, -0.25) is 4.98 Å². The standard InChI is InChI=1S/C14H13BrClNO2/c1-9(18)12-6-11(15)2-3-14(12)19-8-10-4-5-17-7-13(10)16/h2-7,9,18H,8H2,1H3. The summed E-state index contributed by atoms with van der Waals surface area (Å²) < 4.78 is 6.63. The third kappa shape index (κ3) is 3.69. The van der Waals surface area contributed by atoms with Crippen LogP contribution in [0.15, 0.2) is 41.1 Å². The normalized spacial score (nSPS) is 12.2. The van der Waals surface area contributed by atoms with Gasteiger partial charge in [0.15, 0.2) is 0 Å². The molecular weight excluding hydrogens is 330 g/mol. The summed E-state index contributed by atoms with van der Waals surface area (Å²) in [4.78, 5) is 3.92. The quantitative estimate of drug-likeness (QED) is 0.908. The molecule has 100 valence electrons. The van der Waals surface area contributed by atoms with Crippen molar-refractivity contribution in [3.63, 3.8) is 0 Å². The van der Waals surface area contributed by atoms with E-state index in [4.69, 9.17) is 16.3 Å². The van der Waals surface area contributed by atoms with Crippen molar-refractivity contribution in [2.75, 3.05) is 0 Å². The lowest BCUT2D eigenvalue weighted by atomic mass is 10.1. The Morgan fingerprint density at radius 1 is 1.42 bits per heavy atom. The molecule has 0 aliphatic heterocycles. The smallest absolute Gasteiger partial charge is 0.125 e. The van der Waals surface area contributed by atoms with Crippen molar-refractivity contribution in [2.45, 2.75) is 19.6 Å². The molecule has 1 N–H and O–H groups in total. The Balaban J connectivity index is 2.18. The van der Waals surface area contributed by atoms with E-state index in [-0.39, 0.29) is 0 Å². The summed E-state index contributed by atoms with van der Waals surface area (Å²) in [6.45, 7) is 2.04. The second-order valence-corrected chi connectivity index (χ2v) is 5.44. The van der Waals surface area contributed by atoms with Crippen LogP contribution >= 0.6 is 27.5 Å². The second-order valence-electron chi connectivity index (χ2n) is 4.11. The lowest BCUT2D eigenvalue weighted by Crippen LogP contribution is -2.01. The van der Waals surface area contributed by atoms with Crippen LogP contribution in [0, 0.1) is 0 Å². The van der Waals surface area contributed by atoms with Crippen molar-refractivity contribution in [1.29, 1.82) is 0 Å². The average molecular weight is 343 g/mol. The van der Waals surface area contributed by atoms with Crippen molar-refractivity contribution >= 4 is 27.5 Å². The minimum atomic E-state index is -0.597. The van der Waals surface area contributed by atoms with Crippen LogP contribution in [0.4, 0.5) is 0 Å². The Morgan fingerprint density at radius 3 is 2.89 bits per heavy atom. The van der Waals surface area contributed by atoms with E-state index in [2.05, 4.69) is 20.9 Å². The van der Waals surface area contributed by atoms with Gasteiger partial charge in [-0.1, -0.05) is 27.5 Å². The number of nitrogens with zero attached hydrogens (tertiary/aromatic N) is 1. The molecule has 19 heavy (non-hydrogen) atoms. The molecule has 0 radical (unpaired) electrons. The first-order valence-corrected chi connectivity index (χ1v) is 6.93. The number of pyridine rings is 1. The molecule has 0 aliphatic rings. The highest BCUT2D eigenvalue weighted by Crippen LogP contribution is 2.29. The van der Waals surface area contributed by atoms with Gasteiger partial charge in [0, 0.05) is 28.0 Å². The van der Waals surface area contributed by atoms with Gasteiger partial charge in [0.2, 0.25) is 0 Å². The predicted molar refractivity (Wildman–Crippen MR) is 78.4 cm³/mol. The van der Waals surface area contributed by atoms with E-state index >= 15 is 0 Å². The van der Waals surface area contributed by atoms with Crippen molar-refractivity contribution in [1.82, 2.24) is 4.98 Å². The molecule has 0 spiro atoms. The van der Waals surface area contributed by atoms with Gasteiger partial charge in [0.05, 0.1) is 11.1 Å². The summed E-state index contributed by atoms with van der Waals surface area (Å²) in [5.74, 6) is 0.645. The maximum Gasteiger partial charge on any atom is 0.125 e. The van der Waals surface area contributed by atoms with Gasteiger partial charge < -0.3 is 9.84 Å². The van der Waals surface area contributed by atoms with Crippen LogP contribution in [0.2, 0.25) is 5.02 Å². The summed E-state index contributed by atoms with van der Waals surface area (Å²) in [5, 5.41) is 10.3. The maximum absolute atomic E-state index is 9.74. The summed E-state index contributed by atoms with van der Waals surface area (Å²) in [5.41, 5.74) is 1.59. The summed E-state index contributed by atoms with van der Waals surface area (Å²) in [7, 11) is 0. The van der Waals surface area contributed by atoms with Crippen molar-refractivity contribution in [3.8, 4) is 5.75 Å². The number of aliphatic hydroxyl groups is 1. The fraction of sp³-hybridized carbons (Fsp3) is 0.214. The molecule has 0 amide bonds. The zero-order chi connectivity index (χ0) is 13.8. The van der Waals surface area contributed by atoms with Gasteiger partial charge in [0.25, 0.3) is 0 Å². The van der Waals surface area contributed by atoms with E-state index in [1.54, 1.807) is 19.3 Å². The number of halogens is 2. The molecular formula is C14H13BrClNO2. The Labute approximate surface area is 125 Å². The number of hydrogen-bond acceptors (Lipinski definition) is 3. The van der Waals surface area contributed by atoms with Crippen LogP contribution in [-0.4, -0.2) is 10.1 Å². The molecule has 0 saturated heterocycles. The van der Waals surface area contributed by atoms with Gasteiger partial charge in [-0.05, 0) is 31.2 Å². The monoisotopic (exact) mass is 341 g/mol. The highest BCUT2D eigenvalue weighted by Gasteiger charge is 2.10. The topological polar surface area (TPSA) is 42.4 Å². The molecule has 0 bridgehead atoms. The Kier molecular flexibility index (Phi) is 4.80. The number of ether oxygens (including phenoxy) is 1. The molecule has 3 nitrogen and oxygen atoms in total. The first-order valence-electron chi connectivity index (χ1n) is 5.76. The van der Waals surface area contributed by atoms with Gasteiger partial charge >= 0.3 is 0 Å². The van der Waals surface area contributed by atoms with Crippen LogP contribution in [0.1, 0.15) is 24.2 Å². The molecule has 2 aromatic rings. The van der Waals surface area contributed by atoms with E-state index in [1.807, 2.05) is 24.3 Å². The van der Waals surface area contributed by atoms with Gasteiger partial charge in [-0.25, -0.2) is 0 Å². The predicted octanol–water partition coefficient (Wildman–Crippen LogP) is 4.13. The minimum Gasteiger partial charge on any atom is -0.488 e. The fourth-order valence-corrected chi connectivity index (χ4v) is 2.21. The number of aromatic nitrogens is 1. The molecule has 1 aromatic carbocycles. The maximum atomic E-state index is 9.74. The minimum absolute atomic E-state index is 0.336. The summed E-state index contributed by atoms with van der Waals surface area (Å²) in [6, 6.07) is 7.34. The van der Waals surface area contributed by atoms with Crippen molar-refractivity contribution < 1.29 is 9.84 Å². The van der Waals surface area contributed by atoms with Crippen LogP contribution in [-0.2, 0) is 6.61 Å². The van der Waals surface area contributed by atoms with Crippen LogP contribution in [0.25, 0.3) is 0 Å². The van der Waals surface area contributed by atoms with Crippen LogP contribution in [0.5, 0.6) is 5.75 Å². The van der Waals surface area contributed by atoms with Gasteiger partial charge in [-0.2, -0.15) is 0 Å². The second kappa shape index (κ2) is 6.37. The van der Waals surface area contributed by atoms with E-state index < -0.39 is 6.10 Å². The highest BCUT2D eigenvalue weighted by atomic mass is 79.9. The SMILES string of the molecule is CC(O)c1cc(Br)ccc1OCc1ccncc1Cl. The summed E-state index contributed by atoms with van der Waals surface area (Å²) >= 11 is 9.39. The van der Waals surface area contributed by atoms with Gasteiger partial charge in [0.1, 0.15) is 12.4 Å². The van der Waals surface area contributed by atoms with E-state index in [0.29, 0.717) is 17.4 Å².